The van der Waals surface area contributed by atoms with Crippen molar-refractivity contribution in [2.45, 2.75) is 50.5 Å². The summed E-state index contributed by atoms with van der Waals surface area (Å²) in [5, 5.41) is 0. The molecule has 0 spiro atoms. The molecule has 132 valence electrons. The molecule has 0 aliphatic carbocycles. The predicted molar refractivity (Wildman–Crippen MR) is 105 cm³/mol. The van der Waals surface area contributed by atoms with Gasteiger partial charge in [0.15, 0.2) is 0 Å². The first kappa shape index (κ1) is 18.3. The van der Waals surface area contributed by atoms with E-state index < -0.39 is 0 Å². The van der Waals surface area contributed by atoms with Gasteiger partial charge in [-0.15, -0.1) is 11.8 Å². The summed E-state index contributed by atoms with van der Waals surface area (Å²) in [6.45, 7) is 8.59. The van der Waals surface area contributed by atoms with Crippen LogP contribution in [0.5, 0.6) is 0 Å². The maximum absolute atomic E-state index is 12.5. The number of piperidine rings is 1. The van der Waals surface area contributed by atoms with Crippen LogP contribution in [0, 0.1) is 13.8 Å². The van der Waals surface area contributed by atoms with Crippen LogP contribution in [0.15, 0.2) is 21.5 Å². The topological polar surface area (TPSA) is 23.6 Å². The summed E-state index contributed by atoms with van der Waals surface area (Å²) in [6.07, 6.45) is 4.99. The molecule has 3 rings (SSSR count). The Hall–Kier alpha value is -0.520. The Kier molecular flexibility index (Phi) is 6.27. The van der Waals surface area contributed by atoms with Crippen molar-refractivity contribution in [1.29, 1.82) is 0 Å². The molecule has 0 atom stereocenters. The highest BCUT2D eigenvalue weighted by atomic mass is 79.9. The van der Waals surface area contributed by atoms with E-state index in [0.717, 1.165) is 30.4 Å². The molecule has 0 N–H and O–H groups in total. The van der Waals surface area contributed by atoms with Gasteiger partial charge < -0.3 is 9.80 Å². The Balaban J connectivity index is 1.48. The quantitative estimate of drug-likeness (QED) is 0.693. The molecular formula is C19H27BrN2OS. The number of aryl methyl sites for hydroxylation is 2. The fourth-order valence-corrected chi connectivity index (χ4v) is 5.19. The fourth-order valence-electron chi connectivity index (χ4n) is 3.73. The largest absolute Gasteiger partial charge is 0.342 e. The van der Waals surface area contributed by atoms with Crippen molar-refractivity contribution >= 4 is 33.6 Å². The lowest BCUT2D eigenvalue weighted by atomic mass is 10.0. The van der Waals surface area contributed by atoms with Crippen LogP contribution in [0.2, 0.25) is 0 Å². The lowest BCUT2D eigenvalue weighted by Gasteiger charge is -2.36. The van der Waals surface area contributed by atoms with Gasteiger partial charge in [-0.2, -0.15) is 0 Å². The number of amides is 1. The standard InChI is InChI=1S/C19H27BrN2OS/c1-14-12-18(15(2)11-17(14)20)24-13-19(23)22-9-5-16(6-10-22)21-7-3-4-8-21/h11-12,16H,3-10,13H2,1-2H3. The van der Waals surface area contributed by atoms with Gasteiger partial charge >= 0.3 is 0 Å². The first-order chi connectivity index (χ1) is 11.5. The molecule has 0 radical (unpaired) electrons. The maximum Gasteiger partial charge on any atom is 0.232 e. The Morgan fingerprint density at radius 2 is 1.79 bits per heavy atom. The van der Waals surface area contributed by atoms with Crippen LogP contribution in [-0.4, -0.2) is 53.7 Å². The van der Waals surface area contributed by atoms with Crippen molar-refractivity contribution in [1.82, 2.24) is 9.80 Å². The Morgan fingerprint density at radius 3 is 2.46 bits per heavy atom. The summed E-state index contributed by atoms with van der Waals surface area (Å²) in [5.74, 6) is 0.843. The zero-order chi connectivity index (χ0) is 17.1. The van der Waals surface area contributed by atoms with Crippen molar-refractivity contribution in [2.75, 3.05) is 31.9 Å². The summed E-state index contributed by atoms with van der Waals surface area (Å²) in [4.78, 5) is 18.5. The second-order valence-electron chi connectivity index (χ2n) is 7.01. The third kappa shape index (κ3) is 4.36. The average molecular weight is 411 g/mol. The summed E-state index contributed by atoms with van der Waals surface area (Å²) in [5.41, 5.74) is 2.46. The highest BCUT2D eigenvalue weighted by Gasteiger charge is 2.28. The number of hydrogen-bond donors (Lipinski definition) is 0. The van der Waals surface area contributed by atoms with Crippen LogP contribution in [0.1, 0.15) is 36.8 Å². The van der Waals surface area contributed by atoms with E-state index in [1.54, 1.807) is 11.8 Å². The fraction of sp³-hybridized carbons (Fsp3) is 0.632. The van der Waals surface area contributed by atoms with E-state index in [2.05, 4.69) is 51.7 Å². The second-order valence-corrected chi connectivity index (χ2v) is 8.88. The molecule has 2 saturated heterocycles. The molecule has 1 amide bonds. The third-order valence-electron chi connectivity index (χ3n) is 5.28. The van der Waals surface area contributed by atoms with Gasteiger partial charge in [0, 0.05) is 28.5 Å². The molecule has 2 aliphatic rings. The van der Waals surface area contributed by atoms with Crippen LogP contribution < -0.4 is 0 Å². The predicted octanol–water partition coefficient (Wildman–Crippen LogP) is 4.24. The van der Waals surface area contributed by atoms with Crippen molar-refractivity contribution in [3.8, 4) is 0 Å². The molecule has 1 aromatic rings. The summed E-state index contributed by atoms with van der Waals surface area (Å²) in [7, 11) is 0. The number of benzene rings is 1. The van der Waals surface area contributed by atoms with Crippen LogP contribution >= 0.6 is 27.7 Å². The van der Waals surface area contributed by atoms with E-state index in [4.69, 9.17) is 0 Å². The molecule has 0 saturated carbocycles. The lowest BCUT2D eigenvalue weighted by Crippen LogP contribution is -2.46. The van der Waals surface area contributed by atoms with Gasteiger partial charge in [0.1, 0.15) is 0 Å². The van der Waals surface area contributed by atoms with Crippen LogP contribution in [0.3, 0.4) is 0 Å². The number of nitrogens with zero attached hydrogens (tertiary/aromatic N) is 2. The number of halogens is 1. The Morgan fingerprint density at radius 1 is 1.12 bits per heavy atom. The maximum atomic E-state index is 12.5. The van der Waals surface area contributed by atoms with E-state index in [1.807, 2.05) is 0 Å². The van der Waals surface area contributed by atoms with E-state index in [9.17, 15) is 4.79 Å². The number of carbonyl (C=O) groups is 1. The zero-order valence-corrected chi connectivity index (χ0v) is 17.1. The number of carbonyl (C=O) groups excluding carboxylic acids is 1. The third-order valence-corrected chi connectivity index (χ3v) is 7.28. The molecule has 2 heterocycles. The smallest absolute Gasteiger partial charge is 0.232 e. The van der Waals surface area contributed by atoms with Crippen LogP contribution in [0.25, 0.3) is 0 Å². The molecule has 2 fully saturated rings. The zero-order valence-electron chi connectivity index (χ0n) is 14.7. The molecule has 1 aromatic carbocycles. The van der Waals surface area contributed by atoms with E-state index in [-0.39, 0.29) is 0 Å². The minimum absolute atomic E-state index is 0.292. The van der Waals surface area contributed by atoms with Gasteiger partial charge in [0.25, 0.3) is 0 Å². The lowest BCUT2D eigenvalue weighted by molar-refractivity contribution is -0.129. The van der Waals surface area contributed by atoms with E-state index in [1.165, 1.54) is 42.0 Å². The van der Waals surface area contributed by atoms with Crippen LogP contribution in [-0.2, 0) is 4.79 Å². The van der Waals surface area contributed by atoms with Crippen molar-refractivity contribution in [3.63, 3.8) is 0 Å². The Labute approximate surface area is 158 Å². The van der Waals surface area contributed by atoms with Crippen molar-refractivity contribution < 1.29 is 4.79 Å². The summed E-state index contributed by atoms with van der Waals surface area (Å²) < 4.78 is 1.14. The summed E-state index contributed by atoms with van der Waals surface area (Å²) >= 11 is 5.24. The number of rotatable bonds is 4. The van der Waals surface area contributed by atoms with Gasteiger partial charge in [-0.25, -0.2) is 0 Å². The van der Waals surface area contributed by atoms with Crippen molar-refractivity contribution in [3.05, 3.63) is 27.7 Å². The van der Waals surface area contributed by atoms with Gasteiger partial charge in [-0.1, -0.05) is 15.9 Å². The monoisotopic (exact) mass is 410 g/mol. The van der Waals surface area contributed by atoms with Crippen molar-refractivity contribution in [2.24, 2.45) is 0 Å². The second kappa shape index (κ2) is 8.24. The highest BCUT2D eigenvalue weighted by molar-refractivity contribution is 9.10. The molecule has 0 bridgehead atoms. The number of thioether (sulfide) groups is 1. The molecule has 0 unspecified atom stereocenters. The minimum Gasteiger partial charge on any atom is -0.342 e. The van der Waals surface area contributed by atoms with E-state index >= 15 is 0 Å². The van der Waals surface area contributed by atoms with Gasteiger partial charge in [0.2, 0.25) is 5.91 Å². The SMILES string of the molecule is Cc1cc(SCC(=O)N2CCC(N3CCCC3)CC2)c(C)cc1Br. The molecule has 5 heteroatoms. The highest BCUT2D eigenvalue weighted by Crippen LogP contribution is 2.29. The first-order valence-corrected chi connectivity index (χ1v) is 10.7. The van der Waals surface area contributed by atoms with E-state index in [0.29, 0.717) is 17.7 Å². The summed E-state index contributed by atoms with van der Waals surface area (Å²) in [6, 6.07) is 5.03. The van der Waals surface area contributed by atoms with Gasteiger partial charge in [-0.3, -0.25) is 4.79 Å². The van der Waals surface area contributed by atoms with Gasteiger partial charge in [-0.05, 0) is 75.9 Å². The normalized spacial score (nSPS) is 19.9. The first-order valence-electron chi connectivity index (χ1n) is 8.96. The molecule has 2 aliphatic heterocycles. The minimum atomic E-state index is 0.292. The Bertz CT molecular complexity index is 593. The average Bonchev–Trinajstić information content (AvgIpc) is 3.11. The molecule has 24 heavy (non-hydrogen) atoms. The number of hydrogen-bond acceptors (Lipinski definition) is 3. The molecular weight excluding hydrogens is 384 g/mol. The van der Waals surface area contributed by atoms with Gasteiger partial charge in [0.05, 0.1) is 5.75 Å². The van der Waals surface area contributed by atoms with Crippen LogP contribution in [0.4, 0.5) is 0 Å². The molecule has 0 aromatic heterocycles. The molecule has 3 nitrogen and oxygen atoms in total. The number of likely N-dealkylation sites (tertiary alicyclic amines) is 2.